The van der Waals surface area contributed by atoms with E-state index in [-0.39, 0.29) is 12.1 Å². The Morgan fingerprint density at radius 3 is 2.77 bits per heavy atom. The normalized spacial score (nSPS) is 10.7. The number of nitrogens with one attached hydrogen (secondary N) is 2. The summed E-state index contributed by atoms with van der Waals surface area (Å²) in [5.41, 5.74) is -0.321. The summed E-state index contributed by atoms with van der Waals surface area (Å²) in [6.45, 7) is 6.24. The monoisotopic (exact) mass is 370 g/mol. The smallest absolute Gasteiger partial charge is 0.407 e. The van der Waals surface area contributed by atoms with Crippen LogP contribution in [-0.2, 0) is 11.3 Å². The number of carbonyl (C=O) groups is 1. The molecule has 120 valence electrons. The van der Waals surface area contributed by atoms with Crippen LogP contribution in [0.25, 0.3) is 0 Å². The molecule has 0 spiro atoms. The van der Waals surface area contributed by atoms with Crippen molar-refractivity contribution in [3.05, 3.63) is 21.0 Å². The Bertz CT molecular complexity index is 628. The summed E-state index contributed by atoms with van der Waals surface area (Å²) >= 11 is 3.21. The molecule has 22 heavy (non-hydrogen) atoms. The van der Waals surface area contributed by atoms with Gasteiger partial charge in [-0.3, -0.25) is 4.79 Å². The van der Waals surface area contributed by atoms with Gasteiger partial charge in [0.2, 0.25) is 0 Å². The molecule has 1 heterocycles. The van der Waals surface area contributed by atoms with Gasteiger partial charge in [0.25, 0.3) is 5.56 Å². The van der Waals surface area contributed by atoms with E-state index in [4.69, 9.17) is 11.2 Å². The van der Waals surface area contributed by atoms with Crippen LogP contribution in [-0.4, -0.2) is 34.6 Å². The van der Waals surface area contributed by atoms with Gasteiger partial charge in [0.1, 0.15) is 16.6 Å². The molecule has 1 amide bonds. The maximum Gasteiger partial charge on any atom is 0.407 e. The van der Waals surface area contributed by atoms with Crippen molar-refractivity contribution in [1.29, 1.82) is 0 Å². The molecule has 7 nitrogen and oxygen atoms in total. The Kier molecular flexibility index (Phi) is 6.43. The van der Waals surface area contributed by atoms with Crippen LogP contribution < -0.4 is 16.2 Å². The van der Waals surface area contributed by atoms with Crippen molar-refractivity contribution in [2.45, 2.75) is 32.9 Å². The number of alkyl carbamates (subject to hydrolysis) is 1. The topological polar surface area (TPSA) is 85.2 Å². The molecule has 1 rings (SSSR count). The average Bonchev–Trinajstić information content (AvgIpc) is 2.40. The fourth-order valence-electron chi connectivity index (χ4n) is 1.46. The summed E-state index contributed by atoms with van der Waals surface area (Å²) in [5.74, 6) is 2.35. The standard InChI is InChI=1S/C14H19BrN4O3/c1-5-8-19-12(20)11(15)10(9-18-19)16-6-7-17-13(21)22-14(2,3)4/h1,9,16H,6-8H2,2-4H3,(H,17,21). The Morgan fingerprint density at radius 2 is 2.18 bits per heavy atom. The predicted octanol–water partition coefficient (Wildman–Crippen LogP) is 1.58. The van der Waals surface area contributed by atoms with E-state index >= 15 is 0 Å². The molecule has 0 saturated carbocycles. The van der Waals surface area contributed by atoms with Crippen LogP contribution in [0.3, 0.4) is 0 Å². The zero-order chi connectivity index (χ0) is 16.8. The van der Waals surface area contributed by atoms with E-state index in [1.807, 2.05) is 0 Å². The number of rotatable bonds is 5. The lowest BCUT2D eigenvalue weighted by molar-refractivity contribution is 0.0530. The fourth-order valence-corrected chi connectivity index (χ4v) is 1.91. The summed E-state index contributed by atoms with van der Waals surface area (Å²) in [5, 5.41) is 9.55. The zero-order valence-electron chi connectivity index (χ0n) is 12.8. The molecule has 2 N–H and O–H groups in total. The largest absolute Gasteiger partial charge is 0.444 e. The van der Waals surface area contributed by atoms with Gasteiger partial charge in [0.05, 0.1) is 11.9 Å². The first-order chi connectivity index (χ1) is 10.2. The Labute approximate surface area is 137 Å². The molecule has 0 saturated heterocycles. The summed E-state index contributed by atoms with van der Waals surface area (Å²) in [6, 6.07) is 0. The molecule has 0 atom stereocenters. The van der Waals surface area contributed by atoms with Crippen LogP contribution in [0.1, 0.15) is 20.8 Å². The number of hydrogen-bond donors (Lipinski definition) is 2. The lowest BCUT2D eigenvalue weighted by Crippen LogP contribution is -2.35. The van der Waals surface area contributed by atoms with Crippen LogP contribution in [0, 0.1) is 12.3 Å². The lowest BCUT2D eigenvalue weighted by atomic mass is 10.2. The van der Waals surface area contributed by atoms with Crippen molar-refractivity contribution in [2.24, 2.45) is 0 Å². The quantitative estimate of drug-likeness (QED) is 0.606. The van der Waals surface area contributed by atoms with Gasteiger partial charge < -0.3 is 15.4 Å². The second-order valence-electron chi connectivity index (χ2n) is 5.39. The van der Waals surface area contributed by atoms with Crippen molar-refractivity contribution < 1.29 is 9.53 Å². The number of halogens is 1. The first kappa shape index (κ1) is 18.0. The van der Waals surface area contributed by atoms with Crippen molar-refractivity contribution in [2.75, 3.05) is 18.4 Å². The third-order valence-electron chi connectivity index (χ3n) is 2.33. The number of terminal acetylenes is 1. The van der Waals surface area contributed by atoms with Crippen molar-refractivity contribution in [1.82, 2.24) is 15.1 Å². The molecule has 0 radical (unpaired) electrons. The van der Waals surface area contributed by atoms with E-state index in [2.05, 4.69) is 37.6 Å². The van der Waals surface area contributed by atoms with Gasteiger partial charge in [0.15, 0.2) is 0 Å². The van der Waals surface area contributed by atoms with Gasteiger partial charge in [-0.05, 0) is 36.7 Å². The molecule has 0 aromatic carbocycles. The van der Waals surface area contributed by atoms with Crippen molar-refractivity contribution in [3.8, 4) is 12.3 Å². The average molecular weight is 371 g/mol. The molecule has 0 bridgehead atoms. The third-order valence-corrected chi connectivity index (χ3v) is 3.10. The minimum atomic E-state index is -0.536. The highest BCUT2D eigenvalue weighted by atomic mass is 79.9. The first-order valence-corrected chi connectivity index (χ1v) is 7.43. The molecule has 0 unspecified atom stereocenters. The number of hydrogen-bond acceptors (Lipinski definition) is 5. The number of nitrogens with zero attached hydrogens (tertiary/aromatic N) is 2. The number of anilines is 1. The Balaban J connectivity index is 2.50. The van der Waals surface area contributed by atoms with E-state index in [1.54, 1.807) is 20.8 Å². The van der Waals surface area contributed by atoms with Gasteiger partial charge in [-0.2, -0.15) is 5.10 Å². The fraction of sp³-hybridized carbons (Fsp3) is 0.500. The maximum atomic E-state index is 11.9. The van der Waals surface area contributed by atoms with Crippen LogP contribution in [0.4, 0.5) is 10.5 Å². The van der Waals surface area contributed by atoms with Crippen molar-refractivity contribution >= 4 is 27.7 Å². The minimum Gasteiger partial charge on any atom is -0.444 e. The van der Waals surface area contributed by atoms with E-state index in [0.717, 1.165) is 0 Å². The molecule has 1 aromatic heterocycles. The Hall–Kier alpha value is -2.01. The molecule has 0 aliphatic carbocycles. The predicted molar refractivity (Wildman–Crippen MR) is 87.8 cm³/mol. The number of ether oxygens (including phenoxy) is 1. The molecular formula is C14H19BrN4O3. The SMILES string of the molecule is C#CCn1ncc(NCCNC(=O)OC(C)(C)C)c(Br)c1=O. The van der Waals surface area contributed by atoms with Gasteiger partial charge in [-0.15, -0.1) is 6.42 Å². The second-order valence-corrected chi connectivity index (χ2v) is 6.19. The number of carbonyl (C=O) groups excluding carboxylic acids is 1. The summed E-state index contributed by atoms with van der Waals surface area (Å²) in [4.78, 5) is 23.4. The van der Waals surface area contributed by atoms with Crippen LogP contribution >= 0.6 is 15.9 Å². The summed E-state index contributed by atoms with van der Waals surface area (Å²) in [6.07, 6.45) is 6.16. The van der Waals surface area contributed by atoms with Crippen LogP contribution in [0.15, 0.2) is 15.5 Å². The zero-order valence-corrected chi connectivity index (χ0v) is 14.4. The molecule has 0 aliphatic rings. The molecule has 0 aliphatic heterocycles. The highest BCUT2D eigenvalue weighted by Crippen LogP contribution is 2.15. The minimum absolute atomic E-state index is 0.109. The first-order valence-electron chi connectivity index (χ1n) is 6.64. The van der Waals surface area contributed by atoms with E-state index in [9.17, 15) is 9.59 Å². The molecule has 0 fully saturated rings. The lowest BCUT2D eigenvalue weighted by Gasteiger charge is -2.19. The molecule has 8 heteroatoms. The highest BCUT2D eigenvalue weighted by Gasteiger charge is 2.15. The van der Waals surface area contributed by atoms with E-state index in [0.29, 0.717) is 23.2 Å². The molecular weight excluding hydrogens is 352 g/mol. The van der Waals surface area contributed by atoms with Gasteiger partial charge in [0, 0.05) is 13.1 Å². The Morgan fingerprint density at radius 1 is 1.50 bits per heavy atom. The molecule has 1 aromatic rings. The number of aromatic nitrogens is 2. The summed E-state index contributed by atoms with van der Waals surface area (Å²) in [7, 11) is 0. The number of amides is 1. The highest BCUT2D eigenvalue weighted by molar-refractivity contribution is 9.10. The van der Waals surface area contributed by atoms with Gasteiger partial charge in [-0.1, -0.05) is 5.92 Å². The van der Waals surface area contributed by atoms with E-state index < -0.39 is 11.7 Å². The van der Waals surface area contributed by atoms with Crippen molar-refractivity contribution in [3.63, 3.8) is 0 Å². The van der Waals surface area contributed by atoms with E-state index in [1.165, 1.54) is 10.9 Å². The summed E-state index contributed by atoms with van der Waals surface area (Å²) < 4.78 is 6.62. The third kappa shape index (κ3) is 5.77. The van der Waals surface area contributed by atoms with Gasteiger partial charge in [-0.25, -0.2) is 9.48 Å². The van der Waals surface area contributed by atoms with Crippen LogP contribution in [0.2, 0.25) is 0 Å². The second kappa shape index (κ2) is 7.84. The van der Waals surface area contributed by atoms with Gasteiger partial charge >= 0.3 is 6.09 Å². The van der Waals surface area contributed by atoms with Crippen LogP contribution in [0.5, 0.6) is 0 Å². The maximum absolute atomic E-state index is 11.9.